The molecule has 2 aromatic carbocycles. The van der Waals surface area contributed by atoms with Crippen molar-refractivity contribution < 1.29 is 19.3 Å². The Morgan fingerprint density at radius 1 is 1.05 bits per heavy atom. The van der Waals surface area contributed by atoms with Crippen LogP contribution in [0, 0.1) is 0 Å². The average molecular weight is 320 g/mol. The summed E-state index contributed by atoms with van der Waals surface area (Å²) in [4.78, 5) is 33.5. The third-order valence-electron chi connectivity index (χ3n) is 2.66. The second-order valence-corrected chi connectivity index (χ2v) is 4.85. The molecule has 5 nitrogen and oxygen atoms in total. The van der Waals surface area contributed by atoms with Gasteiger partial charge in [-0.2, -0.15) is 0 Å². The van der Waals surface area contributed by atoms with Gasteiger partial charge in [-0.3, -0.25) is 4.79 Å². The van der Waals surface area contributed by atoms with Crippen molar-refractivity contribution in [1.29, 1.82) is 0 Å². The van der Waals surface area contributed by atoms with Gasteiger partial charge in [0, 0.05) is 17.5 Å². The van der Waals surface area contributed by atoms with E-state index in [2.05, 4.69) is 0 Å². The van der Waals surface area contributed by atoms with E-state index < -0.39 is 11.9 Å². The molecule has 0 aliphatic heterocycles. The number of benzene rings is 2. The number of hydroxylamine groups is 2. The predicted octanol–water partition coefficient (Wildman–Crippen LogP) is 3.39. The molecule has 0 heterocycles. The monoisotopic (exact) mass is 319 g/mol. The Labute approximate surface area is 132 Å². The summed E-state index contributed by atoms with van der Waals surface area (Å²) in [7, 11) is 0. The maximum atomic E-state index is 12.3. The first-order valence-electron chi connectivity index (χ1n) is 6.51. The predicted molar refractivity (Wildman–Crippen MR) is 80.6 cm³/mol. The molecule has 0 spiro atoms. The zero-order chi connectivity index (χ0) is 15.9. The van der Waals surface area contributed by atoms with Crippen LogP contribution in [0.5, 0.6) is 0 Å². The van der Waals surface area contributed by atoms with E-state index in [4.69, 9.17) is 21.3 Å². The lowest BCUT2D eigenvalue weighted by Crippen LogP contribution is -2.33. The Kier molecular flexibility index (Phi) is 5.52. The summed E-state index contributed by atoms with van der Waals surface area (Å²) in [5.74, 6) is -1.22. The second-order valence-electron chi connectivity index (χ2n) is 4.41. The SMILES string of the molecule is CC(=O)ON(OCc1ccc(Cl)cc1)C(=O)c1ccccc1. The standard InChI is InChI=1S/C16H14ClNO4/c1-12(19)22-18(16(20)14-5-3-2-4-6-14)21-11-13-7-9-15(17)10-8-13/h2-10H,11H2,1H3. The lowest BCUT2D eigenvalue weighted by atomic mass is 10.2. The molecular formula is C16H14ClNO4. The summed E-state index contributed by atoms with van der Waals surface area (Å²) in [5.41, 5.74) is 1.13. The summed E-state index contributed by atoms with van der Waals surface area (Å²) < 4.78 is 0. The van der Waals surface area contributed by atoms with E-state index in [0.717, 1.165) is 5.56 Å². The van der Waals surface area contributed by atoms with Crippen molar-refractivity contribution >= 4 is 23.5 Å². The summed E-state index contributed by atoms with van der Waals surface area (Å²) in [6.45, 7) is 1.25. The summed E-state index contributed by atoms with van der Waals surface area (Å²) in [6, 6.07) is 15.3. The normalized spacial score (nSPS) is 10.1. The first-order chi connectivity index (χ1) is 10.6. The topological polar surface area (TPSA) is 55.8 Å². The van der Waals surface area contributed by atoms with Crippen LogP contribution in [0.1, 0.15) is 22.8 Å². The molecule has 2 rings (SSSR count). The molecule has 6 heteroatoms. The molecular weight excluding hydrogens is 306 g/mol. The molecule has 0 atom stereocenters. The third-order valence-corrected chi connectivity index (χ3v) is 2.91. The average Bonchev–Trinajstić information content (AvgIpc) is 2.53. The molecule has 0 saturated heterocycles. The van der Waals surface area contributed by atoms with E-state index in [0.29, 0.717) is 15.8 Å². The summed E-state index contributed by atoms with van der Waals surface area (Å²) in [5, 5.41) is 1.19. The number of hydrogen-bond donors (Lipinski definition) is 0. The van der Waals surface area contributed by atoms with Gasteiger partial charge in [0.1, 0.15) is 6.61 Å². The zero-order valence-corrected chi connectivity index (χ0v) is 12.6. The van der Waals surface area contributed by atoms with E-state index in [1.54, 1.807) is 54.6 Å². The highest BCUT2D eigenvalue weighted by Crippen LogP contribution is 2.12. The van der Waals surface area contributed by atoms with E-state index in [1.165, 1.54) is 6.92 Å². The van der Waals surface area contributed by atoms with E-state index in [9.17, 15) is 9.59 Å². The van der Waals surface area contributed by atoms with Crippen LogP contribution >= 0.6 is 11.6 Å². The molecule has 22 heavy (non-hydrogen) atoms. The van der Waals surface area contributed by atoms with Crippen LogP contribution in [-0.2, 0) is 21.1 Å². The fraction of sp³-hybridized carbons (Fsp3) is 0.125. The van der Waals surface area contributed by atoms with Gasteiger partial charge < -0.3 is 4.84 Å². The highest BCUT2D eigenvalue weighted by Gasteiger charge is 2.20. The molecule has 0 bridgehead atoms. The van der Waals surface area contributed by atoms with Crippen LogP contribution < -0.4 is 0 Å². The number of amides is 1. The van der Waals surface area contributed by atoms with Gasteiger partial charge >= 0.3 is 11.9 Å². The quantitative estimate of drug-likeness (QED) is 0.811. The second kappa shape index (κ2) is 7.59. The van der Waals surface area contributed by atoms with Gasteiger partial charge in [-0.1, -0.05) is 41.9 Å². The fourth-order valence-electron chi connectivity index (χ4n) is 1.64. The van der Waals surface area contributed by atoms with Crippen molar-refractivity contribution in [2.75, 3.05) is 0 Å². The molecule has 0 radical (unpaired) electrons. The highest BCUT2D eigenvalue weighted by molar-refractivity contribution is 6.30. The van der Waals surface area contributed by atoms with Crippen LogP contribution in [0.3, 0.4) is 0 Å². The maximum Gasteiger partial charge on any atom is 0.332 e. The smallest absolute Gasteiger partial charge is 0.312 e. The van der Waals surface area contributed by atoms with Crippen molar-refractivity contribution in [1.82, 2.24) is 5.23 Å². The van der Waals surface area contributed by atoms with Crippen molar-refractivity contribution in [2.24, 2.45) is 0 Å². The van der Waals surface area contributed by atoms with Gasteiger partial charge in [-0.15, -0.1) is 0 Å². The minimum atomic E-state index is -0.652. The zero-order valence-electron chi connectivity index (χ0n) is 11.9. The van der Waals surface area contributed by atoms with Crippen molar-refractivity contribution in [3.05, 3.63) is 70.7 Å². The molecule has 114 valence electrons. The minimum absolute atomic E-state index is 0.0586. The minimum Gasteiger partial charge on any atom is -0.312 e. The fourth-order valence-corrected chi connectivity index (χ4v) is 1.77. The van der Waals surface area contributed by atoms with Gasteiger partial charge in [-0.25, -0.2) is 9.63 Å². The lowest BCUT2D eigenvalue weighted by molar-refractivity contribution is -0.312. The van der Waals surface area contributed by atoms with Crippen LogP contribution in [0.4, 0.5) is 0 Å². The number of halogens is 1. The molecule has 0 saturated carbocycles. The first-order valence-corrected chi connectivity index (χ1v) is 6.89. The molecule has 2 aromatic rings. The summed E-state index contributed by atoms with van der Waals surface area (Å²) >= 11 is 5.80. The first kappa shape index (κ1) is 16.0. The number of carbonyl (C=O) groups is 2. The molecule has 0 aromatic heterocycles. The van der Waals surface area contributed by atoms with Crippen molar-refractivity contribution in [2.45, 2.75) is 13.5 Å². The molecule has 0 N–H and O–H groups in total. The van der Waals surface area contributed by atoms with E-state index >= 15 is 0 Å². The molecule has 0 fully saturated rings. The molecule has 1 amide bonds. The lowest BCUT2D eigenvalue weighted by Gasteiger charge is -2.19. The van der Waals surface area contributed by atoms with Crippen LogP contribution in [0.25, 0.3) is 0 Å². The molecule has 0 unspecified atom stereocenters. The molecule has 0 aliphatic rings. The Bertz CT molecular complexity index is 643. The van der Waals surface area contributed by atoms with Gasteiger partial charge in [0.2, 0.25) is 0 Å². The highest BCUT2D eigenvalue weighted by atomic mass is 35.5. The number of nitrogens with zero attached hydrogens (tertiary/aromatic N) is 1. The van der Waals surface area contributed by atoms with Gasteiger partial charge in [0.15, 0.2) is 0 Å². The molecule has 0 aliphatic carbocycles. The van der Waals surface area contributed by atoms with E-state index in [-0.39, 0.29) is 6.61 Å². The van der Waals surface area contributed by atoms with Crippen LogP contribution in [0.15, 0.2) is 54.6 Å². The Morgan fingerprint density at radius 2 is 1.68 bits per heavy atom. The maximum absolute atomic E-state index is 12.3. The Morgan fingerprint density at radius 3 is 2.27 bits per heavy atom. The summed E-state index contributed by atoms with van der Waals surface area (Å²) in [6.07, 6.45) is 0. The van der Waals surface area contributed by atoms with Crippen molar-refractivity contribution in [3.8, 4) is 0 Å². The third kappa shape index (κ3) is 4.58. The number of rotatable bonds is 4. The van der Waals surface area contributed by atoms with Gasteiger partial charge in [0.25, 0.3) is 0 Å². The van der Waals surface area contributed by atoms with Crippen LogP contribution in [0.2, 0.25) is 5.02 Å². The Balaban J connectivity index is 2.07. The van der Waals surface area contributed by atoms with Crippen molar-refractivity contribution in [3.63, 3.8) is 0 Å². The van der Waals surface area contributed by atoms with Gasteiger partial charge in [-0.05, 0) is 35.1 Å². The Hall–Kier alpha value is -2.37. The number of hydrogen-bond acceptors (Lipinski definition) is 4. The van der Waals surface area contributed by atoms with Crippen LogP contribution in [-0.4, -0.2) is 17.1 Å². The van der Waals surface area contributed by atoms with Gasteiger partial charge in [0.05, 0.1) is 0 Å². The van der Waals surface area contributed by atoms with E-state index in [1.807, 2.05) is 0 Å². The largest absolute Gasteiger partial charge is 0.332 e. The number of carbonyl (C=O) groups excluding carboxylic acids is 2.